The highest BCUT2D eigenvalue weighted by molar-refractivity contribution is 6.22. The van der Waals surface area contributed by atoms with E-state index in [1.807, 2.05) is 36.4 Å². The van der Waals surface area contributed by atoms with E-state index in [1.54, 1.807) is 0 Å². The molecule has 0 atom stereocenters. The van der Waals surface area contributed by atoms with Crippen LogP contribution in [0.5, 0.6) is 0 Å². The molecule has 0 N–H and O–H groups in total. The summed E-state index contributed by atoms with van der Waals surface area (Å²) in [6.07, 6.45) is 0. The van der Waals surface area contributed by atoms with Gasteiger partial charge in [-0.25, -0.2) is 9.97 Å². The molecule has 4 nitrogen and oxygen atoms in total. The number of benzene rings is 7. The molecular formula is C44H26N2O2. The molecule has 10 aromatic rings. The van der Waals surface area contributed by atoms with Gasteiger partial charge in [0.1, 0.15) is 28.0 Å². The quantitative estimate of drug-likeness (QED) is 0.198. The van der Waals surface area contributed by atoms with Gasteiger partial charge in [-0.3, -0.25) is 0 Å². The van der Waals surface area contributed by atoms with E-state index in [2.05, 4.69) is 121 Å². The molecule has 48 heavy (non-hydrogen) atoms. The maximum Gasteiger partial charge on any atom is 0.180 e. The van der Waals surface area contributed by atoms with Gasteiger partial charge in [0.2, 0.25) is 0 Å². The molecule has 224 valence electrons. The Morgan fingerprint density at radius 3 is 1.77 bits per heavy atom. The predicted molar refractivity (Wildman–Crippen MR) is 196 cm³/mol. The fourth-order valence-electron chi connectivity index (χ4n) is 7.05. The SMILES string of the molecule is c1ccc(-c2ccc(-c3nc(-c4cccc5oc6c7ccccc7c(-c7ccccc7)cc6c45)nc4c3oc3ccccc34)cc2)cc1. The lowest BCUT2D eigenvalue weighted by atomic mass is 9.94. The van der Waals surface area contributed by atoms with Crippen LogP contribution in [-0.4, -0.2) is 9.97 Å². The minimum atomic E-state index is 0.624. The van der Waals surface area contributed by atoms with Gasteiger partial charge in [0.15, 0.2) is 11.4 Å². The van der Waals surface area contributed by atoms with Crippen LogP contribution in [0.2, 0.25) is 0 Å². The highest BCUT2D eigenvalue weighted by Gasteiger charge is 2.22. The van der Waals surface area contributed by atoms with Crippen LogP contribution >= 0.6 is 0 Å². The second-order valence-corrected chi connectivity index (χ2v) is 12.1. The summed E-state index contributed by atoms with van der Waals surface area (Å²) >= 11 is 0. The third-order valence-corrected chi connectivity index (χ3v) is 9.31. The predicted octanol–water partition coefficient (Wildman–Crippen LogP) is 12.1. The maximum atomic E-state index is 6.66. The number of rotatable bonds is 4. The van der Waals surface area contributed by atoms with Crippen LogP contribution in [0.25, 0.3) is 99.7 Å². The second kappa shape index (κ2) is 10.5. The van der Waals surface area contributed by atoms with Crippen LogP contribution in [0.3, 0.4) is 0 Å². The number of aromatic nitrogens is 2. The Morgan fingerprint density at radius 2 is 0.979 bits per heavy atom. The lowest BCUT2D eigenvalue weighted by Crippen LogP contribution is -1.94. The summed E-state index contributed by atoms with van der Waals surface area (Å²) in [6, 6.07) is 54.4. The minimum Gasteiger partial charge on any atom is -0.455 e. The first-order valence-corrected chi connectivity index (χ1v) is 16.1. The average Bonchev–Trinajstić information content (AvgIpc) is 3.74. The molecule has 3 heterocycles. The summed E-state index contributed by atoms with van der Waals surface area (Å²) < 4.78 is 13.1. The molecule has 0 unspecified atom stereocenters. The Morgan fingerprint density at radius 1 is 0.375 bits per heavy atom. The second-order valence-electron chi connectivity index (χ2n) is 12.1. The van der Waals surface area contributed by atoms with Gasteiger partial charge in [-0.1, -0.05) is 133 Å². The molecule has 0 spiro atoms. The van der Waals surface area contributed by atoms with E-state index in [0.29, 0.717) is 11.4 Å². The van der Waals surface area contributed by atoms with Crippen molar-refractivity contribution in [1.82, 2.24) is 9.97 Å². The lowest BCUT2D eigenvalue weighted by molar-refractivity contribution is 0.667. The lowest BCUT2D eigenvalue weighted by Gasteiger charge is -2.10. The van der Waals surface area contributed by atoms with E-state index >= 15 is 0 Å². The molecule has 0 bridgehead atoms. The summed E-state index contributed by atoms with van der Waals surface area (Å²) in [5.41, 5.74) is 11.2. The average molecular weight is 615 g/mol. The van der Waals surface area contributed by atoms with Crippen molar-refractivity contribution in [2.24, 2.45) is 0 Å². The van der Waals surface area contributed by atoms with Crippen LogP contribution < -0.4 is 0 Å². The van der Waals surface area contributed by atoms with Gasteiger partial charge >= 0.3 is 0 Å². The fourth-order valence-corrected chi connectivity index (χ4v) is 7.05. The molecule has 0 fully saturated rings. The van der Waals surface area contributed by atoms with E-state index < -0.39 is 0 Å². The normalized spacial score (nSPS) is 11.8. The third-order valence-electron chi connectivity index (χ3n) is 9.31. The Kier molecular flexibility index (Phi) is 5.84. The first-order chi connectivity index (χ1) is 23.8. The monoisotopic (exact) mass is 614 g/mol. The van der Waals surface area contributed by atoms with Crippen molar-refractivity contribution < 1.29 is 8.83 Å². The molecule has 0 saturated carbocycles. The Labute approximate surface area is 275 Å². The third kappa shape index (κ3) is 4.10. The molecule has 0 aliphatic rings. The summed E-state index contributed by atoms with van der Waals surface area (Å²) in [4.78, 5) is 10.5. The van der Waals surface area contributed by atoms with Crippen molar-refractivity contribution in [2.75, 3.05) is 0 Å². The Hall–Kier alpha value is -6.52. The first-order valence-electron chi connectivity index (χ1n) is 16.1. The summed E-state index contributed by atoms with van der Waals surface area (Å²) in [5, 5.41) is 5.22. The van der Waals surface area contributed by atoms with Gasteiger partial charge in [-0.2, -0.15) is 0 Å². The highest BCUT2D eigenvalue weighted by atomic mass is 16.3. The maximum absolute atomic E-state index is 6.66. The molecular weight excluding hydrogens is 588 g/mol. The van der Waals surface area contributed by atoms with Crippen molar-refractivity contribution in [3.05, 3.63) is 158 Å². The van der Waals surface area contributed by atoms with Crippen molar-refractivity contribution in [3.8, 4) is 44.9 Å². The first kappa shape index (κ1) is 26.7. The van der Waals surface area contributed by atoms with Gasteiger partial charge in [-0.15, -0.1) is 0 Å². The number of hydrogen-bond acceptors (Lipinski definition) is 4. The van der Waals surface area contributed by atoms with Crippen LogP contribution in [0.1, 0.15) is 0 Å². The molecule has 0 saturated heterocycles. The number of para-hydroxylation sites is 1. The van der Waals surface area contributed by atoms with Crippen molar-refractivity contribution in [1.29, 1.82) is 0 Å². The number of furan rings is 2. The molecule has 0 amide bonds. The zero-order valence-electron chi connectivity index (χ0n) is 25.7. The molecule has 7 aromatic carbocycles. The van der Waals surface area contributed by atoms with Crippen LogP contribution in [0.4, 0.5) is 0 Å². The zero-order valence-corrected chi connectivity index (χ0v) is 25.7. The fraction of sp³-hybridized carbons (Fsp3) is 0. The van der Waals surface area contributed by atoms with E-state index in [4.69, 9.17) is 18.8 Å². The van der Waals surface area contributed by atoms with Crippen LogP contribution in [0, 0.1) is 0 Å². The Bertz CT molecular complexity index is 2810. The van der Waals surface area contributed by atoms with E-state index in [0.717, 1.165) is 82.7 Å². The van der Waals surface area contributed by atoms with Crippen molar-refractivity contribution in [2.45, 2.75) is 0 Å². The van der Waals surface area contributed by atoms with Crippen molar-refractivity contribution in [3.63, 3.8) is 0 Å². The smallest absolute Gasteiger partial charge is 0.180 e. The molecule has 0 aliphatic carbocycles. The van der Waals surface area contributed by atoms with E-state index in [-0.39, 0.29) is 0 Å². The molecule has 0 radical (unpaired) electrons. The summed E-state index contributed by atoms with van der Waals surface area (Å²) in [6.45, 7) is 0. The molecule has 10 rings (SSSR count). The van der Waals surface area contributed by atoms with Gasteiger partial charge in [0.05, 0.1) is 0 Å². The van der Waals surface area contributed by atoms with Gasteiger partial charge < -0.3 is 8.83 Å². The number of nitrogens with zero attached hydrogens (tertiary/aromatic N) is 2. The number of fused-ring (bicyclic) bond motifs is 8. The van der Waals surface area contributed by atoms with Gasteiger partial charge in [0, 0.05) is 32.7 Å². The summed E-state index contributed by atoms with van der Waals surface area (Å²) in [5.74, 6) is 0.624. The minimum absolute atomic E-state index is 0.624. The Balaban J connectivity index is 1.25. The molecule has 4 heteroatoms. The number of hydrogen-bond donors (Lipinski definition) is 0. The van der Waals surface area contributed by atoms with Gasteiger partial charge in [0.25, 0.3) is 0 Å². The van der Waals surface area contributed by atoms with Crippen LogP contribution in [0.15, 0.2) is 167 Å². The molecule has 3 aromatic heterocycles. The highest BCUT2D eigenvalue weighted by Crippen LogP contribution is 2.44. The zero-order chi connectivity index (χ0) is 31.6. The largest absolute Gasteiger partial charge is 0.455 e. The van der Waals surface area contributed by atoms with E-state index in [9.17, 15) is 0 Å². The summed E-state index contributed by atoms with van der Waals surface area (Å²) in [7, 11) is 0. The molecule has 0 aliphatic heterocycles. The van der Waals surface area contributed by atoms with Crippen molar-refractivity contribution >= 4 is 54.8 Å². The standard InChI is InChI=1S/C44H26N2O2/c1-3-12-27(13-4-1)28-22-24-30(25-23-28)40-43-41(33-18-9-10-20-37(33)47-43)46-44(45-40)34-19-11-21-38-39(34)36-26-35(29-14-5-2-6-15-29)31-16-7-8-17-32(31)42(36)48-38/h1-26H. The topological polar surface area (TPSA) is 52.1 Å². The van der Waals surface area contributed by atoms with Crippen LogP contribution in [-0.2, 0) is 0 Å². The van der Waals surface area contributed by atoms with Gasteiger partial charge in [-0.05, 0) is 51.9 Å². The van der Waals surface area contributed by atoms with E-state index in [1.165, 1.54) is 5.56 Å².